The lowest BCUT2D eigenvalue weighted by Crippen LogP contribution is -2.57. The van der Waals surface area contributed by atoms with Gasteiger partial charge in [-0.05, 0) is 52.9 Å². The van der Waals surface area contributed by atoms with Crippen molar-refractivity contribution in [2.45, 2.75) is 141 Å². The molecule has 0 aromatic heterocycles. The highest BCUT2D eigenvalue weighted by Gasteiger charge is 2.28. The molecule has 12 heteroatoms. The molecule has 0 fully saturated rings. The van der Waals surface area contributed by atoms with Crippen LogP contribution in [0.5, 0.6) is 0 Å². The number of aliphatic carboxylic acids is 1. The molecule has 0 aromatic rings. The van der Waals surface area contributed by atoms with Gasteiger partial charge in [-0.2, -0.15) is 0 Å². The van der Waals surface area contributed by atoms with Gasteiger partial charge in [0.25, 0.3) is 0 Å². The van der Waals surface area contributed by atoms with Crippen LogP contribution in [-0.4, -0.2) is 54.8 Å². The number of carbonyl (C=O) groups is 3. The molecule has 0 saturated carbocycles. The van der Waals surface area contributed by atoms with Crippen LogP contribution in [-0.2, 0) is 29.2 Å². The molecule has 0 bridgehead atoms. The SMILES string of the molecule is CC(C)[NH3+].CCCCCCCC/C=C\CCCCCCCC(=O)NCC(C)OC(=O)C(CC(=O)[O-])S(=O)(=O)[O-].[NH4+]. The number of carboxylic acid groups (broad SMARTS) is 1. The smallest absolute Gasteiger partial charge is 0.323 e. The molecule has 8 N–H and O–H groups in total. The number of hydrogen-bond donors (Lipinski definition) is 3. The van der Waals surface area contributed by atoms with Crippen LogP contribution in [0, 0.1) is 0 Å². The summed E-state index contributed by atoms with van der Waals surface area (Å²) in [7, 11) is -5.21. The highest BCUT2D eigenvalue weighted by Crippen LogP contribution is 2.11. The number of hydrogen-bond acceptors (Lipinski definition) is 8. The van der Waals surface area contributed by atoms with Crippen LogP contribution < -0.4 is 22.3 Å². The maximum atomic E-state index is 11.9. The Hall–Kier alpha value is -2.02. The van der Waals surface area contributed by atoms with Gasteiger partial charge in [0.2, 0.25) is 5.91 Å². The van der Waals surface area contributed by atoms with Crippen LogP contribution in [0.4, 0.5) is 0 Å². The average molecular weight is 596 g/mol. The molecule has 1 amide bonds. The van der Waals surface area contributed by atoms with E-state index in [1.54, 1.807) is 0 Å². The van der Waals surface area contributed by atoms with E-state index in [0.717, 1.165) is 44.9 Å². The molecule has 2 atom stereocenters. The van der Waals surface area contributed by atoms with E-state index in [1.165, 1.54) is 45.4 Å². The van der Waals surface area contributed by atoms with Crippen molar-refractivity contribution in [1.82, 2.24) is 11.5 Å². The minimum absolute atomic E-state index is 0. The zero-order valence-corrected chi connectivity index (χ0v) is 26.4. The number of ether oxygens (including phenoxy) is 1. The lowest BCUT2D eigenvalue weighted by molar-refractivity contribution is -0.407. The van der Waals surface area contributed by atoms with Gasteiger partial charge in [0.1, 0.15) is 16.2 Å². The largest absolute Gasteiger partial charge is 0.747 e. The van der Waals surface area contributed by atoms with Gasteiger partial charge in [-0.1, -0.05) is 70.4 Å². The zero-order chi connectivity index (χ0) is 30.1. The van der Waals surface area contributed by atoms with E-state index in [-0.39, 0.29) is 18.6 Å². The van der Waals surface area contributed by atoms with E-state index in [1.807, 2.05) is 0 Å². The molecule has 11 nitrogen and oxygen atoms in total. The quantitative estimate of drug-likeness (QED) is 0.0729. The second-order valence-corrected chi connectivity index (χ2v) is 11.9. The molecule has 0 saturated heterocycles. The third-order valence-corrected chi connectivity index (χ3v) is 6.59. The second kappa shape index (κ2) is 27.2. The number of carbonyl (C=O) groups excluding carboxylic acids is 3. The first kappa shape index (κ1) is 42.4. The standard InChI is InChI=1S/C25H45NO8S.C3H9N.H3N/c1-3-4-5-6-7-8-9-10-11-12-13-14-15-16-17-18-23(27)26-20-21(2)34-25(30)22(19-24(28)29)35(31,32)33;1-3(2)4;/h10-11,21-22H,3-9,12-20H2,1-2H3,(H,26,27)(H,28,29)(H,31,32,33);3H,4H2,1-2H3;1H3/b11-10-;;. The molecule has 40 heavy (non-hydrogen) atoms. The molecule has 0 heterocycles. The number of amides is 1. The number of allylic oxidation sites excluding steroid dienone is 2. The van der Waals surface area contributed by atoms with Crippen LogP contribution >= 0.6 is 0 Å². The molecule has 2 unspecified atom stereocenters. The van der Waals surface area contributed by atoms with Gasteiger partial charge in [0, 0.05) is 18.8 Å². The zero-order valence-electron chi connectivity index (χ0n) is 25.6. The molecule has 0 spiro atoms. The number of unbranched alkanes of at least 4 members (excludes halogenated alkanes) is 11. The number of quaternary nitrogens is 2. The Labute approximate surface area is 242 Å². The van der Waals surface area contributed by atoms with Crippen molar-refractivity contribution in [2.75, 3.05) is 6.54 Å². The minimum Gasteiger partial charge on any atom is -0.747 e. The van der Waals surface area contributed by atoms with Crippen LogP contribution in [0.15, 0.2) is 12.2 Å². The van der Waals surface area contributed by atoms with Crippen molar-refractivity contribution in [3.8, 4) is 0 Å². The lowest BCUT2D eigenvalue weighted by Gasteiger charge is -2.22. The Morgan fingerprint density at radius 1 is 0.875 bits per heavy atom. The van der Waals surface area contributed by atoms with Gasteiger partial charge in [-0.25, -0.2) is 8.42 Å². The van der Waals surface area contributed by atoms with Crippen molar-refractivity contribution in [3.63, 3.8) is 0 Å². The van der Waals surface area contributed by atoms with Gasteiger partial charge in [-0.15, -0.1) is 0 Å². The predicted octanol–water partition coefficient (Wildman–Crippen LogP) is 3.14. The van der Waals surface area contributed by atoms with Gasteiger partial charge in [0.15, 0.2) is 5.25 Å². The van der Waals surface area contributed by atoms with E-state index in [9.17, 15) is 32.5 Å². The normalized spacial score (nSPS) is 12.7. The molecular weight excluding hydrogens is 538 g/mol. The summed E-state index contributed by atoms with van der Waals surface area (Å²) in [6.45, 7) is 7.66. The highest BCUT2D eigenvalue weighted by molar-refractivity contribution is 7.87. The summed E-state index contributed by atoms with van der Waals surface area (Å²) in [4.78, 5) is 34.3. The molecule has 0 radical (unpaired) electrons. The average Bonchev–Trinajstić information content (AvgIpc) is 2.82. The summed E-state index contributed by atoms with van der Waals surface area (Å²) >= 11 is 0. The monoisotopic (exact) mass is 595 g/mol. The summed E-state index contributed by atoms with van der Waals surface area (Å²) < 4.78 is 38.0. The topological polar surface area (TPSA) is 217 Å². The second-order valence-electron chi connectivity index (χ2n) is 10.3. The van der Waals surface area contributed by atoms with E-state index in [4.69, 9.17) is 4.74 Å². The molecule has 0 aliphatic carbocycles. The summed E-state index contributed by atoms with van der Waals surface area (Å²) in [5.41, 5.74) is 3.64. The Kier molecular flexibility index (Phi) is 28.8. The Morgan fingerprint density at radius 3 is 1.77 bits per heavy atom. The number of carboxylic acids is 1. The first-order valence-corrected chi connectivity index (χ1v) is 15.9. The number of rotatable bonds is 22. The fourth-order valence-electron chi connectivity index (χ4n) is 3.47. The first-order chi connectivity index (χ1) is 18.3. The minimum atomic E-state index is -5.21. The van der Waals surface area contributed by atoms with E-state index in [2.05, 4.69) is 44.0 Å². The van der Waals surface area contributed by atoms with E-state index < -0.39 is 39.8 Å². The summed E-state index contributed by atoms with van der Waals surface area (Å²) in [5.74, 6) is -3.55. The molecule has 238 valence electrons. The van der Waals surface area contributed by atoms with Gasteiger partial charge in [-0.3, -0.25) is 9.59 Å². The summed E-state index contributed by atoms with van der Waals surface area (Å²) in [6, 6.07) is 0.583. The van der Waals surface area contributed by atoms with Crippen molar-refractivity contribution in [2.24, 2.45) is 0 Å². The van der Waals surface area contributed by atoms with Crippen molar-refractivity contribution in [3.05, 3.63) is 12.2 Å². The highest BCUT2D eigenvalue weighted by atomic mass is 32.2. The maximum absolute atomic E-state index is 11.9. The fraction of sp³-hybridized carbons (Fsp3) is 0.821. The van der Waals surface area contributed by atoms with E-state index in [0.29, 0.717) is 12.5 Å². The third-order valence-electron chi connectivity index (χ3n) is 5.53. The van der Waals surface area contributed by atoms with Crippen LogP contribution in [0.3, 0.4) is 0 Å². The van der Waals surface area contributed by atoms with Crippen molar-refractivity contribution in [1.29, 1.82) is 0 Å². The molecule has 0 rings (SSSR count). The number of nitrogens with one attached hydrogen (secondary N) is 1. The predicted molar refractivity (Wildman–Crippen MR) is 155 cm³/mol. The van der Waals surface area contributed by atoms with E-state index >= 15 is 0 Å². The van der Waals surface area contributed by atoms with Gasteiger partial charge >= 0.3 is 5.97 Å². The first-order valence-electron chi connectivity index (χ1n) is 14.4. The number of esters is 1. The van der Waals surface area contributed by atoms with Crippen LogP contribution in [0.25, 0.3) is 0 Å². The van der Waals surface area contributed by atoms with Gasteiger partial charge in [0.05, 0.1) is 12.6 Å². The van der Waals surface area contributed by atoms with Crippen LogP contribution in [0.2, 0.25) is 0 Å². The summed E-state index contributed by atoms with van der Waals surface area (Å²) in [6.07, 6.45) is 17.8. The van der Waals surface area contributed by atoms with Crippen molar-refractivity contribution >= 4 is 28.0 Å². The van der Waals surface area contributed by atoms with Crippen molar-refractivity contribution < 1.29 is 42.9 Å². The van der Waals surface area contributed by atoms with Gasteiger partial charge < -0.3 is 36.4 Å². The molecule has 0 aliphatic rings. The third kappa shape index (κ3) is 30.5. The molecule has 0 aromatic carbocycles. The lowest BCUT2D eigenvalue weighted by atomic mass is 10.1. The molecular formula is C28H57N3O8S. The molecule has 0 aliphatic heterocycles. The Morgan fingerprint density at radius 2 is 1.32 bits per heavy atom. The summed E-state index contributed by atoms with van der Waals surface area (Å²) in [5, 5.41) is 10.8. The Balaban J connectivity index is -0.00000255. The van der Waals surface area contributed by atoms with Crippen LogP contribution in [0.1, 0.15) is 124 Å². The maximum Gasteiger partial charge on any atom is 0.323 e. The fourth-order valence-corrected chi connectivity index (χ4v) is 4.10. The Bertz CT molecular complexity index is 786.